The van der Waals surface area contributed by atoms with Crippen LogP contribution in [-0.4, -0.2) is 50.2 Å². The number of hydrogen-bond acceptors (Lipinski definition) is 4. The highest BCUT2D eigenvalue weighted by Gasteiger charge is 2.38. The molecule has 1 aromatic carbocycles. The zero-order valence-corrected chi connectivity index (χ0v) is 13.2. The van der Waals surface area contributed by atoms with Gasteiger partial charge in [-0.1, -0.05) is 6.92 Å². The largest absolute Gasteiger partial charge is 0.378 e. The maximum absolute atomic E-state index is 13.3. The quantitative estimate of drug-likeness (QED) is 0.832. The number of anilines is 1. The Morgan fingerprint density at radius 1 is 1.35 bits per heavy atom. The van der Waals surface area contributed by atoms with Crippen LogP contribution in [0.5, 0.6) is 0 Å². The van der Waals surface area contributed by atoms with E-state index in [1.165, 1.54) is 12.1 Å². The van der Waals surface area contributed by atoms with Crippen molar-refractivity contribution < 1.29 is 13.9 Å². The highest BCUT2D eigenvalue weighted by atomic mass is 19.1. The Kier molecular flexibility index (Phi) is 4.49. The van der Waals surface area contributed by atoms with Crippen molar-refractivity contribution in [3.8, 4) is 6.07 Å². The normalized spacial score (nSPS) is 24.6. The van der Waals surface area contributed by atoms with Crippen molar-refractivity contribution in [1.82, 2.24) is 4.90 Å². The van der Waals surface area contributed by atoms with E-state index in [2.05, 4.69) is 6.92 Å². The Morgan fingerprint density at radius 2 is 2.09 bits per heavy atom. The molecule has 122 valence electrons. The third-order valence-corrected chi connectivity index (χ3v) is 4.67. The Hall–Kier alpha value is -2.13. The van der Waals surface area contributed by atoms with Gasteiger partial charge in [0.2, 0.25) is 5.91 Å². The Labute approximate surface area is 135 Å². The summed E-state index contributed by atoms with van der Waals surface area (Å²) in [4.78, 5) is 16.6. The predicted molar refractivity (Wildman–Crippen MR) is 83.4 cm³/mol. The van der Waals surface area contributed by atoms with Crippen molar-refractivity contribution in [2.24, 2.45) is 11.8 Å². The van der Waals surface area contributed by atoms with Crippen LogP contribution in [0.1, 0.15) is 12.5 Å². The highest BCUT2D eigenvalue weighted by Crippen LogP contribution is 2.31. The number of nitrogens with zero attached hydrogens (tertiary/aromatic N) is 3. The van der Waals surface area contributed by atoms with Gasteiger partial charge in [-0.05, 0) is 24.1 Å². The monoisotopic (exact) mass is 317 g/mol. The van der Waals surface area contributed by atoms with E-state index in [4.69, 9.17) is 4.74 Å². The number of hydrogen-bond donors (Lipinski definition) is 0. The molecule has 2 aliphatic rings. The summed E-state index contributed by atoms with van der Waals surface area (Å²) in [6.45, 7) is 5.78. The first-order chi connectivity index (χ1) is 11.1. The number of halogens is 1. The van der Waals surface area contributed by atoms with Gasteiger partial charge in [-0.2, -0.15) is 5.26 Å². The SMILES string of the molecule is C[C@@H]1CN(c2ccc(F)cc2C#N)C[C@H]1C(=O)N1CCOCC1. The fourth-order valence-electron chi connectivity index (χ4n) is 3.38. The molecule has 2 fully saturated rings. The minimum absolute atomic E-state index is 0.0929. The van der Waals surface area contributed by atoms with E-state index < -0.39 is 5.82 Å². The Morgan fingerprint density at radius 3 is 2.78 bits per heavy atom. The highest BCUT2D eigenvalue weighted by molar-refractivity contribution is 5.81. The van der Waals surface area contributed by atoms with Gasteiger partial charge in [0, 0.05) is 26.2 Å². The first kappa shape index (κ1) is 15.8. The molecule has 3 rings (SSSR count). The number of nitriles is 1. The number of ether oxygens (including phenoxy) is 1. The van der Waals surface area contributed by atoms with Crippen LogP contribution < -0.4 is 4.90 Å². The van der Waals surface area contributed by atoms with Gasteiger partial charge in [-0.3, -0.25) is 4.79 Å². The van der Waals surface area contributed by atoms with Crippen LogP contribution >= 0.6 is 0 Å². The van der Waals surface area contributed by atoms with Crippen LogP contribution in [0.3, 0.4) is 0 Å². The molecular weight excluding hydrogens is 297 g/mol. The maximum Gasteiger partial charge on any atom is 0.227 e. The predicted octanol–water partition coefficient (Wildman–Crippen LogP) is 1.63. The van der Waals surface area contributed by atoms with Gasteiger partial charge in [0.25, 0.3) is 0 Å². The van der Waals surface area contributed by atoms with Crippen LogP contribution in [0, 0.1) is 29.0 Å². The van der Waals surface area contributed by atoms with Crippen molar-refractivity contribution in [2.45, 2.75) is 6.92 Å². The number of amides is 1. The summed E-state index contributed by atoms with van der Waals surface area (Å²) in [6.07, 6.45) is 0. The molecule has 23 heavy (non-hydrogen) atoms. The second kappa shape index (κ2) is 6.55. The number of carbonyl (C=O) groups is 1. The Balaban J connectivity index is 1.76. The molecule has 1 amide bonds. The van der Waals surface area contributed by atoms with Crippen molar-refractivity contribution >= 4 is 11.6 Å². The topological polar surface area (TPSA) is 56.6 Å². The number of carbonyl (C=O) groups excluding carboxylic acids is 1. The third kappa shape index (κ3) is 3.15. The van der Waals surface area contributed by atoms with Crippen molar-refractivity contribution in [3.63, 3.8) is 0 Å². The third-order valence-electron chi connectivity index (χ3n) is 4.67. The molecule has 0 bridgehead atoms. The standard InChI is InChI=1S/C17H20FN3O2/c1-12-10-21(16-3-2-14(18)8-13(16)9-19)11-15(12)17(22)20-4-6-23-7-5-20/h2-3,8,12,15H,4-7,10-11H2,1H3/t12-,15-/m1/s1. The molecule has 0 aliphatic carbocycles. The zero-order chi connectivity index (χ0) is 16.4. The van der Waals surface area contributed by atoms with E-state index in [-0.39, 0.29) is 17.7 Å². The lowest BCUT2D eigenvalue weighted by molar-refractivity contribution is -0.140. The molecular formula is C17H20FN3O2. The summed E-state index contributed by atoms with van der Waals surface area (Å²) in [5.41, 5.74) is 1.02. The van der Waals surface area contributed by atoms with Gasteiger partial charge >= 0.3 is 0 Å². The van der Waals surface area contributed by atoms with E-state index >= 15 is 0 Å². The summed E-state index contributed by atoms with van der Waals surface area (Å²) < 4.78 is 18.6. The molecule has 2 heterocycles. The van der Waals surface area contributed by atoms with Crippen LogP contribution in [0.4, 0.5) is 10.1 Å². The van der Waals surface area contributed by atoms with E-state index in [0.29, 0.717) is 50.6 Å². The minimum atomic E-state index is -0.418. The molecule has 0 radical (unpaired) electrons. The maximum atomic E-state index is 13.3. The van der Waals surface area contributed by atoms with Crippen LogP contribution in [-0.2, 0) is 9.53 Å². The lowest BCUT2D eigenvalue weighted by Gasteiger charge is -2.30. The average Bonchev–Trinajstić information content (AvgIpc) is 2.96. The molecule has 5 nitrogen and oxygen atoms in total. The minimum Gasteiger partial charge on any atom is -0.378 e. The lowest BCUT2D eigenvalue weighted by Crippen LogP contribution is -2.45. The summed E-state index contributed by atoms with van der Waals surface area (Å²) in [5, 5.41) is 9.22. The number of benzene rings is 1. The fraction of sp³-hybridized carbons (Fsp3) is 0.529. The van der Waals surface area contributed by atoms with Crippen LogP contribution in [0.25, 0.3) is 0 Å². The number of rotatable bonds is 2. The van der Waals surface area contributed by atoms with Gasteiger partial charge in [-0.15, -0.1) is 0 Å². The van der Waals surface area contributed by atoms with E-state index in [0.717, 1.165) is 0 Å². The zero-order valence-electron chi connectivity index (χ0n) is 13.2. The fourth-order valence-corrected chi connectivity index (χ4v) is 3.38. The van der Waals surface area contributed by atoms with Gasteiger partial charge in [0.15, 0.2) is 0 Å². The summed E-state index contributed by atoms with van der Waals surface area (Å²) >= 11 is 0. The average molecular weight is 317 g/mol. The van der Waals surface area contributed by atoms with E-state index in [1.54, 1.807) is 6.07 Å². The van der Waals surface area contributed by atoms with Gasteiger partial charge in [-0.25, -0.2) is 4.39 Å². The molecule has 0 saturated carbocycles. The van der Waals surface area contributed by atoms with Gasteiger partial charge < -0.3 is 14.5 Å². The molecule has 2 aliphatic heterocycles. The summed E-state index contributed by atoms with van der Waals surface area (Å²) in [5.74, 6) is -0.158. The summed E-state index contributed by atoms with van der Waals surface area (Å²) in [7, 11) is 0. The van der Waals surface area contributed by atoms with Crippen LogP contribution in [0.2, 0.25) is 0 Å². The molecule has 2 saturated heterocycles. The first-order valence-electron chi connectivity index (χ1n) is 7.91. The molecule has 0 N–H and O–H groups in total. The Bertz CT molecular complexity index is 637. The van der Waals surface area contributed by atoms with Gasteiger partial charge in [0.05, 0.1) is 30.4 Å². The second-order valence-corrected chi connectivity index (χ2v) is 6.20. The van der Waals surface area contributed by atoms with E-state index in [1.807, 2.05) is 15.9 Å². The van der Waals surface area contributed by atoms with Crippen molar-refractivity contribution in [1.29, 1.82) is 5.26 Å². The van der Waals surface area contributed by atoms with Gasteiger partial charge in [0.1, 0.15) is 11.9 Å². The first-order valence-corrected chi connectivity index (χ1v) is 7.91. The molecule has 0 aromatic heterocycles. The molecule has 1 aromatic rings. The van der Waals surface area contributed by atoms with E-state index in [9.17, 15) is 14.4 Å². The molecule has 0 spiro atoms. The van der Waals surface area contributed by atoms with Crippen LogP contribution in [0.15, 0.2) is 18.2 Å². The lowest BCUT2D eigenvalue weighted by atomic mass is 9.96. The molecule has 0 unspecified atom stereocenters. The second-order valence-electron chi connectivity index (χ2n) is 6.20. The smallest absolute Gasteiger partial charge is 0.227 e. The number of morpholine rings is 1. The molecule has 2 atom stereocenters. The van der Waals surface area contributed by atoms with Crippen molar-refractivity contribution in [3.05, 3.63) is 29.6 Å². The summed E-state index contributed by atoms with van der Waals surface area (Å²) in [6, 6.07) is 6.28. The molecule has 6 heteroatoms. The van der Waals surface area contributed by atoms with Crippen molar-refractivity contribution in [2.75, 3.05) is 44.3 Å².